The lowest BCUT2D eigenvalue weighted by atomic mass is 10.1. The molecule has 4 nitrogen and oxygen atoms in total. The fourth-order valence-corrected chi connectivity index (χ4v) is 2.45. The second-order valence-electron chi connectivity index (χ2n) is 4.13. The third-order valence-electron chi connectivity index (χ3n) is 2.85. The predicted octanol–water partition coefficient (Wildman–Crippen LogP) is 3.98. The summed E-state index contributed by atoms with van der Waals surface area (Å²) in [6.07, 6.45) is 0. The van der Waals surface area contributed by atoms with Gasteiger partial charge in [0.2, 0.25) is 0 Å². The minimum atomic E-state index is -0.233. The second-order valence-corrected chi connectivity index (χ2v) is 4.98. The molecule has 5 heteroatoms. The summed E-state index contributed by atoms with van der Waals surface area (Å²) in [6.45, 7) is 0. The SMILES string of the molecule is Oc1cc(Br)c(-c2cc3cccc(O)c3o2)cc1O. The minimum absolute atomic E-state index is 0.0582. The first kappa shape index (κ1) is 11.9. The van der Waals surface area contributed by atoms with Crippen LogP contribution < -0.4 is 0 Å². The molecule has 0 bridgehead atoms. The van der Waals surface area contributed by atoms with E-state index in [1.807, 2.05) is 6.07 Å². The molecule has 0 fully saturated rings. The third-order valence-corrected chi connectivity index (χ3v) is 3.51. The van der Waals surface area contributed by atoms with Crippen LogP contribution in [0.5, 0.6) is 17.2 Å². The zero-order valence-corrected chi connectivity index (χ0v) is 11.2. The average Bonchev–Trinajstić information content (AvgIpc) is 2.79. The zero-order valence-electron chi connectivity index (χ0n) is 9.59. The van der Waals surface area contributed by atoms with Crippen molar-refractivity contribution in [2.75, 3.05) is 0 Å². The highest BCUT2D eigenvalue weighted by atomic mass is 79.9. The van der Waals surface area contributed by atoms with Gasteiger partial charge in [-0.2, -0.15) is 0 Å². The Morgan fingerprint density at radius 2 is 1.63 bits per heavy atom. The van der Waals surface area contributed by atoms with Crippen LogP contribution in [0.4, 0.5) is 0 Å². The fraction of sp³-hybridized carbons (Fsp3) is 0. The van der Waals surface area contributed by atoms with Gasteiger partial charge in [-0.25, -0.2) is 0 Å². The first-order chi connectivity index (χ1) is 9.06. The molecule has 0 radical (unpaired) electrons. The van der Waals surface area contributed by atoms with Crippen molar-refractivity contribution in [2.24, 2.45) is 0 Å². The molecule has 19 heavy (non-hydrogen) atoms. The van der Waals surface area contributed by atoms with Gasteiger partial charge in [-0.05, 0) is 40.2 Å². The normalized spacial score (nSPS) is 11.0. The first-order valence-corrected chi connectivity index (χ1v) is 6.29. The van der Waals surface area contributed by atoms with Crippen molar-refractivity contribution >= 4 is 26.9 Å². The molecular weight excluding hydrogens is 312 g/mol. The average molecular weight is 321 g/mol. The van der Waals surface area contributed by atoms with Gasteiger partial charge in [0.1, 0.15) is 5.76 Å². The Kier molecular flexibility index (Phi) is 2.64. The lowest BCUT2D eigenvalue weighted by Gasteiger charge is -2.03. The lowest BCUT2D eigenvalue weighted by molar-refractivity contribution is 0.403. The van der Waals surface area contributed by atoms with E-state index in [1.54, 1.807) is 18.2 Å². The smallest absolute Gasteiger partial charge is 0.176 e. The van der Waals surface area contributed by atoms with E-state index in [9.17, 15) is 15.3 Å². The summed E-state index contributed by atoms with van der Waals surface area (Å²) in [5.41, 5.74) is 0.975. The van der Waals surface area contributed by atoms with E-state index >= 15 is 0 Å². The van der Waals surface area contributed by atoms with Crippen molar-refractivity contribution in [1.29, 1.82) is 0 Å². The number of para-hydroxylation sites is 1. The molecule has 0 aliphatic rings. The Morgan fingerprint density at radius 1 is 0.895 bits per heavy atom. The number of halogens is 1. The summed E-state index contributed by atoms with van der Waals surface area (Å²) in [7, 11) is 0. The highest BCUT2D eigenvalue weighted by molar-refractivity contribution is 9.10. The number of benzene rings is 2. The van der Waals surface area contributed by atoms with Crippen LogP contribution in [-0.2, 0) is 0 Å². The molecule has 3 aromatic rings. The summed E-state index contributed by atoms with van der Waals surface area (Å²) in [6, 6.07) is 9.62. The number of hydrogen-bond donors (Lipinski definition) is 3. The summed E-state index contributed by atoms with van der Waals surface area (Å²) in [5.74, 6) is 0.0963. The fourth-order valence-electron chi connectivity index (χ4n) is 1.92. The quantitative estimate of drug-likeness (QED) is 0.593. The summed E-state index contributed by atoms with van der Waals surface area (Å²) in [4.78, 5) is 0. The highest BCUT2D eigenvalue weighted by Gasteiger charge is 2.14. The lowest BCUT2D eigenvalue weighted by Crippen LogP contribution is -1.78. The molecule has 0 atom stereocenters. The van der Waals surface area contributed by atoms with Gasteiger partial charge >= 0.3 is 0 Å². The van der Waals surface area contributed by atoms with Crippen molar-refractivity contribution in [2.45, 2.75) is 0 Å². The van der Waals surface area contributed by atoms with Gasteiger partial charge < -0.3 is 19.7 Å². The van der Waals surface area contributed by atoms with E-state index in [0.29, 0.717) is 21.4 Å². The number of phenolic OH excluding ortho intramolecular Hbond substituents is 3. The van der Waals surface area contributed by atoms with Crippen LogP contribution in [0, 0.1) is 0 Å². The number of furan rings is 1. The van der Waals surface area contributed by atoms with Crippen molar-refractivity contribution < 1.29 is 19.7 Å². The zero-order chi connectivity index (χ0) is 13.6. The third kappa shape index (κ3) is 1.92. The molecule has 0 spiro atoms. The van der Waals surface area contributed by atoms with E-state index in [0.717, 1.165) is 5.39 Å². The van der Waals surface area contributed by atoms with Crippen LogP contribution >= 0.6 is 15.9 Å². The molecule has 0 amide bonds. The van der Waals surface area contributed by atoms with Gasteiger partial charge in [0, 0.05) is 15.4 Å². The molecule has 3 N–H and O–H groups in total. The van der Waals surface area contributed by atoms with Gasteiger partial charge in [-0.15, -0.1) is 0 Å². The van der Waals surface area contributed by atoms with Crippen LogP contribution in [0.3, 0.4) is 0 Å². The molecule has 0 unspecified atom stereocenters. The molecule has 0 saturated carbocycles. The Morgan fingerprint density at radius 3 is 2.37 bits per heavy atom. The number of rotatable bonds is 1. The molecule has 0 aliphatic heterocycles. The van der Waals surface area contributed by atoms with Crippen LogP contribution in [-0.4, -0.2) is 15.3 Å². The van der Waals surface area contributed by atoms with Gasteiger partial charge in [0.05, 0.1) is 0 Å². The molecule has 1 heterocycles. The van der Waals surface area contributed by atoms with E-state index in [1.165, 1.54) is 12.1 Å². The van der Waals surface area contributed by atoms with Gasteiger partial charge in [-0.3, -0.25) is 0 Å². The number of fused-ring (bicyclic) bond motifs is 1. The molecule has 96 valence electrons. The maximum absolute atomic E-state index is 9.70. The van der Waals surface area contributed by atoms with Crippen LogP contribution in [0.1, 0.15) is 0 Å². The summed E-state index contributed by atoms with van der Waals surface area (Å²) in [5, 5.41) is 29.4. The van der Waals surface area contributed by atoms with Crippen molar-refractivity contribution in [3.63, 3.8) is 0 Å². The van der Waals surface area contributed by atoms with Gasteiger partial charge in [-0.1, -0.05) is 12.1 Å². The topological polar surface area (TPSA) is 73.8 Å². The van der Waals surface area contributed by atoms with E-state index in [-0.39, 0.29) is 17.2 Å². The molecular formula is C14H9BrO4. The standard InChI is InChI=1S/C14H9BrO4/c15-9-6-12(18)11(17)5-8(9)13-4-7-2-1-3-10(16)14(7)19-13/h1-6,16-18H. The number of hydrogen-bond acceptors (Lipinski definition) is 4. The highest BCUT2D eigenvalue weighted by Crippen LogP contribution is 2.40. The monoisotopic (exact) mass is 320 g/mol. The van der Waals surface area contributed by atoms with Crippen molar-refractivity contribution in [3.05, 3.63) is 40.9 Å². The van der Waals surface area contributed by atoms with Crippen LogP contribution in [0.2, 0.25) is 0 Å². The Bertz CT molecular complexity index is 776. The Balaban J connectivity index is 2.25. The van der Waals surface area contributed by atoms with Crippen molar-refractivity contribution in [1.82, 2.24) is 0 Å². The van der Waals surface area contributed by atoms with E-state index in [2.05, 4.69) is 15.9 Å². The largest absolute Gasteiger partial charge is 0.504 e. The second kappa shape index (κ2) is 4.20. The summed E-state index contributed by atoms with van der Waals surface area (Å²) < 4.78 is 6.17. The predicted molar refractivity (Wildman–Crippen MR) is 74.3 cm³/mol. The maximum Gasteiger partial charge on any atom is 0.176 e. The number of aromatic hydroxyl groups is 3. The number of phenols is 3. The van der Waals surface area contributed by atoms with Crippen LogP contribution in [0.25, 0.3) is 22.3 Å². The van der Waals surface area contributed by atoms with Crippen LogP contribution in [0.15, 0.2) is 45.3 Å². The summed E-state index contributed by atoms with van der Waals surface area (Å²) >= 11 is 3.30. The Labute approximate surface area is 116 Å². The van der Waals surface area contributed by atoms with E-state index < -0.39 is 0 Å². The molecule has 1 aromatic heterocycles. The van der Waals surface area contributed by atoms with Crippen molar-refractivity contribution in [3.8, 4) is 28.6 Å². The Hall–Kier alpha value is -2.14. The first-order valence-electron chi connectivity index (χ1n) is 5.49. The minimum Gasteiger partial charge on any atom is -0.504 e. The maximum atomic E-state index is 9.70. The van der Waals surface area contributed by atoms with Gasteiger partial charge in [0.15, 0.2) is 22.8 Å². The molecule has 0 saturated heterocycles. The van der Waals surface area contributed by atoms with Gasteiger partial charge in [0.25, 0.3) is 0 Å². The molecule has 3 rings (SSSR count). The van der Waals surface area contributed by atoms with E-state index in [4.69, 9.17) is 4.42 Å². The molecule has 0 aliphatic carbocycles. The molecule has 2 aromatic carbocycles.